The van der Waals surface area contributed by atoms with Crippen LogP contribution in [-0.4, -0.2) is 29.7 Å². The Bertz CT molecular complexity index is 252. The Hall–Kier alpha value is -0.380. The van der Waals surface area contributed by atoms with E-state index >= 15 is 0 Å². The monoisotopic (exact) mass is 211 g/mol. The SMILES string of the molecule is OCC1CCN(Cc2cccs2)CC1. The first-order chi connectivity index (χ1) is 6.88. The number of thiophene rings is 1. The molecule has 3 heteroatoms. The highest BCUT2D eigenvalue weighted by atomic mass is 32.1. The highest BCUT2D eigenvalue weighted by Gasteiger charge is 2.18. The van der Waals surface area contributed by atoms with Crippen molar-refractivity contribution in [2.45, 2.75) is 19.4 Å². The average Bonchev–Trinajstić information content (AvgIpc) is 2.72. The molecule has 1 aromatic rings. The topological polar surface area (TPSA) is 23.5 Å². The lowest BCUT2D eigenvalue weighted by Gasteiger charge is -2.30. The lowest BCUT2D eigenvalue weighted by molar-refractivity contribution is 0.128. The molecule has 2 heterocycles. The maximum absolute atomic E-state index is 9.02. The van der Waals surface area contributed by atoms with Gasteiger partial charge in [0.25, 0.3) is 0 Å². The van der Waals surface area contributed by atoms with E-state index in [4.69, 9.17) is 5.11 Å². The highest BCUT2D eigenvalue weighted by Crippen LogP contribution is 2.19. The van der Waals surface area contributed by atoms with Gasteiger partial charge in [-0.15, -0.1) is 11.3 Å². The van der Waals surface area contributed by atoms with Crippen LogP contribution in [0.5, 0.6) is 0 Å². The number of aliphatic hydroxyl groups excluding tert-OH is 1. The first-order valence-electron chi connectivity index (χ1n) is 5.24. The summed E-state index contributed by atoms with van der Waals surface area (Å²) in [6, 6.07) is 4.31. The maximum Gasteiger partial charge on any atom is 0.0460 e. The van der Waals surface area contributed by atoms with Crippen LogP contribution in [0.4, 0.5) is 0 Å². The highest BCUT2D eigenvalue weighted by molar-refractivity contribution is 7.09. The van der Waals surface area contributed by atoms with Gasteiger partial charge in [-0.2, -0.15) is 0 Å². The third kappa shape index (κ3) is 2.56. The zero-order chi connectivity index (χ0) is 9.80. The standard InChI is InChI=1S/C11H17NOS/c13-9-10-3-5-12(6-4-10)8-11-2-1-7-14-11/h1-2,7,10,13H,3-6,8-9H2. The van der Waals surface area contributed by atoms with Crippen molar-refractivity contribution in [2.24, 2.45) is 5.92 Å². The van der Waals surface area contributed by atoms with Gasteiger partial charge in [-0.25, -0.2) is 0 Å². The lowest BCUT2D eigenvalue weighted by atomic mass is 9.98. The molecule has 2 nitrogen and oxygen atoms in total. The zero-order valence-electron chi connectivity index (χ0n) is 8.35. The number of hydrogen-bond acceptors (Lipinski definition) is 3. The van der Waals surface area contributed by atoms with Gasteiger partial charge in [0.15, 0.2) is 0 Å². The van der Waals surface area contributed by atoms with Crippen molar-refractivity contribution in [3.05, 3.63) is 22.4 Å². The van der Waals surface area contributed by atoms with Gasteiger partial charge in [-0.3, -0.25) is 4.90 Å². The van der Waals surface area contributed by atoms with Crippen LogP contribution in [0.15, 0.2) is 17.5 Å². The molecule has 0 bridgehead atoms. The molecule has 1 saturated heterocycles. The van der Waals surface area contributed by atoms with Crippen LogP contribution >= 0.6 is 11.3 Å². The first-order valence-corrected chi connectivity index (χ1v) is 6.12. The van der Waals surface area contributed by atoms with Crippen molar-refractivity contribution in [1.82, 2.24) is 4.90 Å². The fourth-order valence-electron chi connectivity index (χ4n) is 1.95. The Labute approximate surface area is 89.2 Å². The molecule has 1 fully saturated rings. The van der Waals surface area contributed by atoms with Crippen molar-refractivity contribution in [3.63, 3.8) is 0 Å². The molecule has 0 unspecified atom stereocenters. The van der Waals surface area contributed by atoms with E-state index in [2.05, 4.69) is 22.4 Å². The van der Waals surface area contributed by atoms with E-state index in [0.29, 0.717) is 12.5 Å². The number of hydrogen-bond donors (Lipinski definition) is 1. The molecule has 2 rings (SSSR count). The summed E-state index contributed by atoms with van der Waals surface area (Å²) in [6.45, 7) is 3.74. The van der Waals surface area contributed by atoms with Gasteiger partial charge in [-0.1, -0.05) is 6.07 Å². The molecule has 0 spiro atoms. The predicted molar refractivity (Wildman–Crippen MR) is 59.4 cm³/mol. The number of rotatable bonds is 3. The molecule has 1 aliphatic rings. The average molecular weight is 211 g/mol. The van der Waals surface area contributed by atoms with Crippen LogP contribution in [0.25, 0.3) is 0 Å². The van der Waals surface area contributed by atoms with E-state index < -0.39 is 0 Å². The van der Waals surface area contributed by atoms with Gasteiger partial charge in [0.2, 0.25) is 0 Å². The maximum atomic E-state index is 9.02. The number of likely N-dealkylation sites (tertiary alicyclic amines) is 1. The Kier molecular flexibility index (Phi) is 3.56. The Balaban J connectivity index is 1.79. The minimum atomic E-state index is 0.368. The third-order valence-corrected chi connectivity index (χ3v) is 3.79. The Morgan fingerprint density at radius 1 is 1.43 bits per heavy atom. The lowest BCUT2D eigenvalue weighted by Crippen LogP contribution is -2.34. The van der Waals surface area contributed by atoms with Crippen LogP contribution in [0.2, 0.25) is 0 Å². The zero-order valence-corrected chi connectivity index (χ0v) is 9.17. The molecule has 1 aromatic heterocycles. The van der Waals surface area contributed by atoms with E-state index in [1.165, 1.54) is 4.88 Å². The normalized spacial score (nSPS) is 20.1. The largest absolute Gasteiger partial charge is 0.396 e. The summed E-state index contributed by atoms with van der Waals surface area (Å²) in [7, 11) is 0. The predicted octanol–water partition coefficient (Wildman–Crippen LogP) is 1.95. The van der Waals surface area contributed by atoms with E-state index in [1.54, 1.807) is 0 Å². The molecular weight excluding hydrogens is 194 g/mol. The number of nitrogens with zero attached hydrogens (tertiary/aromatic N) is 1. The van der Waals surface area contributed by atoms with Crippen LogP contribution in [0.1, 0.15) is 17.7 Å². The molecule has 78 valence electrons. The smallest absolute Gasteiger partial charge is 0.0460 e. The van der Waals surface area contributed by atoms with E-state index in [0.717, 1.165) is 32.5 Å². The van der Waals surface area contributed by atoms with Crippen LogP contribution in [-0.2, 0) is 6.54 Å². The summed E-state index contributed by atoms with van der Waals surface area (Å²) in [4.78, 5) is 3.94. The summed E-state index contributed by atoms with van der Waals surface area (Å²) in [5, 5.41) is 11.2. The first kappa shape index (κ1) is 10.1. The minimum Gasteiger partial charge on any atom is -0.396 e. The summed E-state index contributed by atoms with van der Waals surface area (Å²) in [5.41, 5.74) is 0. The molecule has 0 radical (unpaired) electrons. The Morgan fingerprint density at radius 2 is 2.21 bits per heavy atom. The van der Waals surface area contributed by atoms with Gasteiger partial charge < -0.3 is 5.11 Å². The number of aliphatic hydroxyl groups is 1. The van der Waals surface area contributed by atoms with Crippen molar-refractivity contribution in [3.8, 4) is 0 Å². The second-order valence-corrected chi connectivity index (χ2v) is 5.01. The Morgan fingerprint density at radius 3 is 2.79 bits per heavy atom. The molecule has 0 amide bonds. The van der Waals surface area contributed by atoms with Crippen molar-refractivity contribution in [2.75, 3.05) is 19.7 Å². The quantitative estimate of drug-likeness (QED) is 0.826. The molecule has 1 aliphatic heterocycles. The minimum absolute atomic E-state index is 0.368. The van der Waals surface area contributed by atoms with Crippen LogP contribution in [0, 0.1) is 5.92 Å². The fraction of sp³-hybridized carbons (Fsp3) is 0.636. The van der Waals surface area contributed by atoms with Crippen LogP contribution < -0.4 is 0 Å². The third-order valence-electron chi connectivity index (χ3n) is 2.92. The van der Waals surface area contributed by atoms with Gasteiger partial charge in [0.05, 0.1) is 0 Å². The molecule has 1 N–H and O–H groups in total. The molecule has 14 heavy (non-hydrogen) atoms. The molecule has 0 aliphatic carbocycles. The summed E-state index contributed by atoms with van der Waals surface area (Å²) in [5.74, 6) is 0.551. The van der Waals surface area contributed by atoms with Gasteiger partial charge in [-0.05, 0) is 43.3 Å². The summed E-state index contributed by atoms with van der Waals surface area (Å²) in [6.07, 6.45) is 2.31. The van der Waals surface area contributed by atoms with Crippen molar-refractivity contribution < 1.29 is 5.11 Å². The van der Waals surface area contributed by atoms with E-state index in [1.807, 2.05) is 11.3 Å². The van der Waals surface area contributed by atoms with Crippen molar-refractivity contribution >= 4 is 11.3 Å². The van der Waals surface area contributed by atoms with E-state index in [9.17, 15) is 0 Å². The molecule has 0 saturated carbocycles. The molecule has 0 aromatic carbocycles. The molecular formula is C11H17NOS. The summed E-state index contributed by atoms with van der Waals surface area (Å²) < 4.78 is 0. The van der Waals surface area contributed by atoms with Gasteiger partial charge in [0.1, 0.15) is 0 Å². The van der Waals surface area contributed by atoms with Gasteiger partial charge in [0, 0.05) is 18.0 Å². The van der Waals surface area contributed by atoms with Crippen LogP contribution in [0.3, 0.4) is 0 Å². The second kappa shape index (κ2) is 4.91. The molecule has 0 atom stereocenters. The fourth-order valence-corrected chi connectivity index (χ4v) is 2.70. The summed E-state index contributed by atoms with van der Waals surface area (Å²) >= 11 is 1.83. The number of piperidine rings is 1. The van der Waals surface area contributed by atoms with Crippen molar-refractivity contribution in [1.29, 1.82) is 0 Å². The second-order valence-electron chi connectivity index (χ2n) is 3.98. The van der Waals surface area contributed by atoms with E-state index in [-0.39, 0.29) is 0 Å². The van der Waals surface area contributed by atoms with Gasteiger partial charge >= 0.3 is 0 Å².